The minimum atomic E-state index is -4.81. The lowest BCUT2D eigenvalue weighted by Gasteiger charge is -2.34. The Morgan fingerprint density at radius 3 is 1.91 bits per heavy atom. The second-order valence-corrected chi connectivity index (χ2v) is 9.95. The SMILES string of the molecule is Cc1c(C)c(C)c(C2(C(F)(F)F)CN(c3c(C)c(C)c4c(c3C)CCC4O)C(=O)O2)c(C)c1C. The van der Waals surface area contributed by atoms with Gasteiger partial charge in [0.05, 0.1) is 18.3 Å². The molecule has 1 amide bonds. The number of alkyl halides is 3. The lowest BCUT2D eigenvalue weighted by atomic mass is 9.80. The first-order valence-electron chi connectivity index (χ1n) is 11.6. The molecule has 184 valence electrons. The van der Waals surface area contributed by atoms with Crippen molar-refractivity contribution >= 4 is 11.8 Å². The zero-order chi connectivity index (χ0) is 25.5. The van der Waals surface area contributed by atoms with Crippen molar-refractivity contribution in [2.45, 2.75) is 86.1 Å². The van der Waals surface area contributed by atoms with E-state index < -0.39 is 30.5 Å². The number of fused-ring (bicyclic) bond motifs is 1. The molecule has 2 aromatic carbocycles. The van der Waals surface area contributed by atoms with Gasteiger partial charge in [0.1, 0.15) is 0 Å². The Morgan fingerprint density at radius 2 is 1.38 bits per heavy atom. The maximum absolute atomic E-state index is 14.9. The molecule has 2 unspecified atom stereocenters. The minimum absolute atomic E-state index is 0.0278. The number of aliphatic hydroxyl groups excluding tert-OH is 1. The quantitative estimate of drug-likeness (QED) is 0.536. The molecule has 4 nitrogen and oxygen atoms in total. The molecule has 4 rings (SSSR count). The number of hydrogen-bond donors (Lipinski definition) is 1. The van der Waals surface area contributed by atoms with Crippen molar-refractivity contribution in [2.24, 2.45) is 0 Å². The smallest absolute Gasteiger partial charge is 0.426 e. The number of carbonyl (C=O) groups excluding carboxylic acids is 1. The van der Waals surface area contributed by atoms with Crippen molar-refractivity contribution in [3.8, 4) is 0 Å². The van der Waals surface area contributed by atoms with E-state index in [0.717, 1.165) is 43.8 Å². The largest absolute Gasteiger partial charge is 0.434 e. The molecule has 0 bridgehead atoms. The van der Waals surface area contributed by atoms with E-state index in [1.807, 2.05) is 34.6 Å². The molecule has 1 saturated heterocycles. The molecule has 34 heavy (non-hydrogen) atoms. The number of carbonyl (C=O) groups is 1. The van der Waals surface area contributed by atoms with Gasteiger partial charge in [0, 0.05) is 5.56 Å². The Balaban J connectivity index is 1.96. The molecule has 2 atom stereocenters. The van der Waals surface area contributed by atoms with Crippen molar-refractivity contribution in [2.75, 3.05) is 11.4 Å². The predicted molar refractivity (Wildman–Crippen MR) is 126 cm³/mol. The summed E-state index contributed by atoms with van der Waals surface area (Å²) in [7, 11) is 0. The minimum Gasteiger partial charge on any atom is -0.426 e. The van der Waals surface area contributed by atoms with Crippen molar-refractivity contribution in [3.05, 3.63) is 61.2 Å². The summed E-state index contributed by atoms with van der Waals surface area (Å²) in [6.07, 6.45) is -5.22. The number of hydrogen-bond acceptors (Lipinski definition) is 3. The Labute approximate surface area is 198 Å². The lowest BCUT2D eigenvalue weighted by molar-refractivity contribution is -0.250. The average Bonchev–Trinajstić information content (AvgIpc) is 3.30. The average molecular weight is 476 g/mol. The first-order chi connectivity index (χ1) is 15.7. The zero-order valence-electron chi connectivity index (χ0n) is 21.0. The maximum atomic E-state index is 14.9. The number of halogens is 3. The molecule has 2 aromatic rings. The van der Waals surface area contributed by atoms with Gasteiger partial charge in [0.2, 0.25) is 0 Å². The molecule has 1 fully saturated rings. The molecule has 7 heteroatoms. The number of nitrogens with zero attached hydrogens (tertiary/aromatic N) is 1. The Bertz CT molecular complexity index is 1200. The van der Waals surface area contributed by atoms with Crippen molar-refractivity contribution < 1.29 is 27.8 Å². The summed E-state index contributed by atoms with van der Waals surface area (Å²) in [6.45, 7) is 13.7. The molecule has 0 aromatic heterocycles. The fraction of sp³-hybridized carbons (Fsp3) is 0.519. The highest BCUT2D eigenvalue weighted by Gasteiger charge is 2.66. The van der Waals surface area contributed by atoms with Gasteiger partial charge in [-0.05, 0) is 124 Å². The lowest BCUT2D eigenvalue weighted by Crippen LogP contribution is -2.47. The van der Waals surface area contributed by atoms with Crippen LogP contribution in [0.1, 0.15) is 73.7 Å². The van der Waals surface area contributed by atoms with Crippen LogP contribution in [0.5, 0.6) is 0 Å². The summed E-state index contributed by atoms with van der Waals surface area (Å²) in [5, 5.41) is 10.4. The van der Waals surface area contributed by atoms with Crippen LogP contribution in [-0.2, 0) is 16.8 Å². The topological polar surface area (TPSA) is 49.8 Å². The number of cyclic esters (lactones) is 1. The molecule has 1 aliphatic carbocycles. The summed E-state index contributed by atoms with van der Waals surface area (Å²) in [6, 6.07) is 0. The van der Waals surface area contributed by atoms with E-state index in [-0.39, 0.29) is 5.56 Å². The second-order valence-electron chi connectivity index (χ2n) is 9.95. The van der Waals surface area contributed by atoms with E-state index in [4.69, 9.17) is 4.74 Å². The van der Waals surface area contributed by atoms with Crippen molar-refractivity contribution in [3.63, 3.8) is 0 Å². The number of rotatable bonds is 2. The van der Waals surface area contributed by atoms with Crippen LogP contribution in [-0.4, -0.2) is 23.9 Å². The van der Waals surface area contributed by atoms with Gasteiger partial charge in [0.15, 0.2) is 0 Å². The van der Waals surface area contributed by atoms with E-state index >= 15 is 0 Å². The highest BCUT2D eigenvalue weighted by molar-refractivity contribution is 5.93. The third-order valence-electron chi connectivity index (χ3n) is 8.45. The van der Waals surface area contributed by atoms with Gasteiger partial charge in [-0.2, -0.15) is 13.2 Å². The maximum Gasteiger partial charge on any atom is 0.434 e. The highest BCUT2D eigenvalue weighted by atomic mass is 19.4. The van der Waals surface area contributed by atoms with Crippen LogP contribution in [0.4, 0.5) is 23.7 Å². The van der Waals surface area contributed by atoms with Gasteiger partial charge in [-0.1, -0.05) is 0 Å². The van der Waals surface area contributed by atoms with Gasteiger partial charge in [-0.3, -0.25) is 4.90 Å². The van der Waals surface area contributed by atoms with E-state index in [0.29, 0.717) is 35.2 Å². The van der Waals surface area contributed by atoms with Crippen LogP contribution in [0, 0.1) is 55.4 Å². The van der Waals surface area contributed by atoms with E-state index in [2.05, 4.69) is 0 Å². The number of benzene rings is 2. The molecule has 1 aliphatic heterocycles. The highest BCUT2D eigenvalue weighted by Crippen LogP contribution is 2.52. The van der Waals surface area contributed by atoms with Crippen molar-refractivity contribution in [1.29, 1.82) is 0 Å². The van der Waals surface area contributed by atoms with Crippen LogP contribution in [0.15, 0.2) is 0 Å². The van der Waals surface area contributed by atoms with Crippen LogP contribution < -0.4 is 4.90 Å². The summed E-state index contributed by atoms with van der Waals surface area (Å²) >= 11 is 0. The molecule has 1 heterocycles. The molecule has 0 radical (unpaired) electrons. The molecule has 1 N–H and O–H groups in total. The zero-order valence-corrected chi connectivity index (χ0v) is 21.0. The number of anilines is 1. The van der Waals surface area contributed by atoms with Gasteiger partial charge >= 0.3 is 12.3 Å². The van der Waals surface area contributed by atoms with E-state index in [9.17, 15) is 23.1 Å². The summed E-state index contributed by atoms with van der Waals surface area (Å²) in [4.78, 5) is 14.4. The molecule has 2 aliphatic rings. The molecule has 0 saturated carbocycles. The van der Waals surface area contributed by atoms with Crippen molar-refractivity contribution in [1.82, 2.24) is 0 Å². The summed E-state index contributed by atoms with van der Waals surface area (Å²) in [5.41, 5.74) is 5.17. The van der Waals surface area contributed by atoms with E-state index in [1.165, 1.54) is 0 Å². The summed E-state index contributed by atoms with van der Waals surface area (Å²) < 4.78 is 50.1. The first kappa shape index (κ1) is 24.6. The third kappa shape index (κ3) is 3.12. The number of amides is 1. The van der Waals surface area contributed by atoms with E-state index in [1.54, 1.807) is 20.8 Å². The van der Waals surface area contributed by atoms with Gasteiger partial charge in [0.25, 0.3) is 5.60 Å². The monoisotopic (exact) mass is 475 g/mol. The van der Waals surface area contributed by atoms with Crippen LogP contribution in [0.2, 0.25) is 0 Å². The Morgan fingerprint density at radius 1 is 0.853 bits per heavy atom. The predicted octanol–water partition coefficient (Wildman–Crippen LogP) is 6.55. The van der Waals surface area contributed by atoms with Gasteiger partial charge < -0.3 is 9.84 Å². The summed E-state index contributed by atoms with van der Waals surface area (Å²) in [5.74, 6) is 0. The van der Waals surface area contributed by atoms with Crippen LogP contribution >= 0.6 is 0 Å². The normalized spacial score (nSPS) is 22.4. The van der Waals surface area contributed by atoms with Crippen LogP contribution in [0.3, 0.4) is 0 Å². The van der Waals surface area contributed by atoms with Gasteiger partial charge in [-0.15, -0.1) is 0 Å². The fourth-order valence-corrected chi connectivity index (χ4v) is 6.05. The standard InChI is InChI=1S/C27H32F3NO3/c1-12-13(2)16(5)23(17(6)14(12)3)26(27(28,29)30)11-31(25(33)34-26)24-18(7)15(4)22-20(19(24)8)9-10-21(22)32/h21,32H,9-11H2,1-8H3. The first-order valence-corrected chi connectivity index (χ1v) is 11.6. The molecular formula is C27H32F3NO3. The number of ether oxygens (including phenoxy) is 1. The Hall–Kier alpha value is -2.54. The van der Waals surface area contributed by atoms with Gasteiger partial charge in [-0.25, -0.2) is 4.79 Å². The molecule has 0 spiro atoms. The molecular weight excluding hydrogens is 443 g/mol. The third-order valence-corrected chi connectivity index (χ3v) is 8.45. The van der Waals surface area contributed by atoms with Crippen LogP contribution in [0.25, 0.3) is 0 Å². The second kappa shape index (κ2) is 7.74. The fourth-order valence-electron chi connectivity index (χ4n) is 6.05. The Kier molecular flexibility index (Phi) is 5.59. The number of aliphatic hydroxyl groups is 1.